The van der Waals surface area contributed by atoms with E-state index in [-0.39, 0.29) is 11.9 Å². The smallest absolute Gasteiger partial charge is 0.228 e. The van der Waals surface area contributed by atoms with E-state index in [4.69, 9.17) is 5.73 Å². The maximum atomic E-state index is 12.3. The van der Waals surface area contributed by atoms with Crippen LogP contribution in [-0.4, -0.2) is 34.9 Å². The highest BCUT2D eigenvalue weighted by Gasteiger charge is 2.21. The Balaban J connectivity index is 1.65. The molecule has 1 aromatic heterocycles. The van der Waals surface area contributed by atoms with Gasteiger partial charge in [-0.2, -0.15) is 0 Å². The number of nitrogens with two attached hydrogens (primary N) is 1. The zero-order chi connectivity index (χ0) is 15.5. The number of piperidine rings is 1. The fraction of sp³-hybridized carbons (Fsp3) is 0.375. The second kappa shape index (κ2) is 6.89. The largest absolute Gasteiger partial charge is 0.342 e. The molecule has 1 aromatic carbocycles. The third-order valence-electron chi connectivity index (χ3n) is 3.85. The summed E-state index contributed by atoms with van der Waals surface area (Å²) < 4.78 is 1.03. The van der Waals surface area contributed by atoms with Crippen LogP contribution in [0.3, 0.4) is 0 Å². The van der Waals surface area contributed by atoms with Crippen LogP contribution < -0.4 is 5.73 Å². The zero-order valence-electron chi connectivity index (χ0n) is 12.2. The summed E-state index contributed by atoms with van der Waals surface area (Å²) >= 11 is 5.05. The lowest BCUT2D eigenvalue weighted by Crippen LogP contribution is -2.43. The summed E-state index contributed by atoms with van der Waals surface area (Å²) in [5.41, 5.74) is 7.80. The number of amides is 1. The molecule has 0 spiro atoms. The third-order valence-corrected chi connectivity index (χ3v) is 5.28. The fourth-order valence-electron chi connectivity index (χ4n) is 2.56. The molecule has 22 heavy (non-hydrogen) atoms. The van der Waals surface area contributed by atoms with Crippen LogP contribution in [0.4, 0.5) is 0 Å². The Labute approximate surface area is 142 Å². The highest BCUT2D eigenvalue weighted by atomic mass is 79.9. The van der Waals surface area contributed by atoms with Crippen LogP contribution in [0.2, 0.25) is 0 Å². The molecule has 0 saturated carbocycles. The molecular weight excluding hydrogens is 362 g/mol. The van der Waals surface area contributed by atoms with E-state index < -0.39 is 0 Å². The van der Waals surface area contributed by atoms with Gasteiger partial charge in [0.25, 0.3) is 0 Å². The number of benzene rings is 1. The molecule has 0 aliphatic carbocycles. The van der Waals surface area contributed by atoms with Crippen molar-refractivity contribution in [3.8, 4) is 10.6 Å². The molecule has 1 amide bonds. The maximum Gasteiger partial charge on any atom is 0.228 e. The van der Waals surface area contributed by atoms with Crippen molar-refractivity contribution >= 4 is 33.2 Å². The normalized spacial score (nSPS) is 16.0. The molecule has 3 rings (SSSR count). The summed E-state index contributed by atoms with van der Waals surface area (Å²) in [5.74, 6) is 0.151. The Bertz CT molecular complexity index is 665. The van der Waals surface area contributed by atoms with Gasteiger partial charge in [0.2, 0.25) is 5.91 Å². The second-order valence-corrected chi connectivity index (χ2v) is 7.32. The highest BCUT2D eigenvalue weighted by Crippen LogP contribution is 2.26. The highest BCUT2D eigenvalue weighted by molar-refractivity contribution is 9.10. The molecule has 1 saturated heterocycles. The SMILES string of the molecule is NC1CCN(C(=O)Cc2csc(-c3cccc(Br)c3)n2)CC1. The predicted octanol–water partition coefficient (Wildman–Crippen LogP) is 3.06. The first-order valence-electron chi connectivity index (χ1n) is 7.35. The molecule has 0 radical (unpaired) electrons. The average molecular weight is 380 g/mol. The van der Waals surface area contributed by atoms with Crippen LogP contribution in [0.1, 0.15) is 18.5 Å². The van der Waals surface area contributed by atoms with Gasteiger partial charge in [0, 0.05) is 34.5 Å². The molecule has 4 nitrogen and oxygen atoms in total. The van der Waals surface area contributed by atoms with E-state index in [9.17, 15) is 4.79 Å². The van der Waals surface area contributed by atoms with Crippen LogP contribution in [-0.2, 0) is 11.2 Å². The second-order valence-electron chi connectivity index (χ2n) is 5.55. The number of thiazole rings is 1. The molecule has 0 unspecified atom stereocenters. The first kappa shape index (κ1) is 15.6. The van der Waals surface area contributed by atoms with E-state index in [2.05, 4.69) is 20.9 Å². The minimum atomic E-state index is 0.151. The van der Waals surface area contributed by atoms with E-state index in [1.165, 1.54) is 0 Å². The minimum Gasteiger partial charge on any atom is -0.342 e. The van der Waals surface area contributed by atoms with Gasteiger partial charge in [0.05, 0.1) is 12.1 Å². The summed E-state index contributed by atoms with van der Waals surface area (Å²) in [7, 11) is 0. The van der Waals surface area contributed by atoms with Crippen molar-refractivity contribution in [2.75, 3.05) is 13.1 Å². The van der Waals surface area contributed by atoms with Gasteiger partial charge in [0.15, 0.2) is 0 Å². The Kier molecular flexibility index (Phi) is 4.90. The summed E-state index contributed by atoms with van der Waals surface area (Å²) in [6.45, 7) is 1.53. The summed E-state index contributed by atoms with van der Waals surface area (Å²) in [6, 6.07) is 8.29. The number of carbonyl (C=O) groups is 1. The third kappa shape index (κ3) is 3.74. The quantitative estimate of drug-likeness (QED) is 0.891. The number of aromatic nitrogens is 1. The van der Waals surface area contributed by atoms with Crippen molar-refractivity contribution in [1.82, 2.24) is 9.88 Å². The van der Waals surface area contributed by atoms with Crippen molar-refractivity contribution in [1.29, 1.82) is 0 Å². The predicted molar refractivity (Wildman–Crippen MR) is 92.7 cm³/mol. The van der Waals surface area contributed by atoms with Crippen LogP contribution >= 0.6 is 27.3 Å². The van der Waals surface area contributed by atoms with Crippen LogP contribution in [0.25, 0.3) is 10.6 Å². The van der Waals surface area contributed by atoms with Crippen molar-refractivity contribution in [3.63, 3.8) is 0 Å². The molecule has 2 N–H and O–H groups in total. The van der Waals surface area contributed by atoms with Gasteiger partial charge >= 0.3 is 0 Å². The van der Waals surface area contributed by atoms with Crippen LogP contribution in [0, 0.1) is 0 Å². The van der Waals surface area contributed by atoms with Gasteiger partial charge in [0.1, 0.15) is 5.01 Å². The van der Waals surface area contributed by atoms with Crippen LogP contribution in [0.5, 0.6) is 0 Å². The molecule has 0 atom stereocenters. The zero-order valence-corrected chi connectivity index (χ0v) is 14.6. The van der Waals surface area contributed by atoms with Gasteiger partial charge in [-0.15, -0.1) is 11.3 Å². The number of rotatable bonds is 3. The first-order chi connectivity index (χ1) is 10.6. The van der Waals surface area contributed by atoms with Gasteiger partial charge in [-0.1, -0.05) is 28.1 Å². The number of hydrogen-bond acceptors (Lipinski definition) is 4. The molecular formula is C16H18BrN3OS. The standard InChI is InChI=1S/C16H18BrN3OS/c17-12-3-1-2-11(8-12)16-19-14(10-22-16)9-15(21)20-6-4-13(18)5-7-20/h1-3,8,10,13H,4-7,9,18H2. The molecule has 1 fully saturated rings. The molecule has 0 bridgehead atoms. The summed E-state index contributed by atoms with van der Waals surface area (Å²) in [6.07, 6.45) is 2.16. The Hall–Kier alpha value is -1.24. The molecule has 116 valence electrons. The lowest BCUT2D eigenvalue weighted by Gasteiger charge is -2.30. The monoisotopic (exact) mass is 379 g/mol. The number of halogens is 1. The van der Waals surface area contributed by atoms with Gasteiger partial charge in [-0.25, -0.2) is 4.98 Å². The number of likely N-dealkylation sites (tertiary alicyclic amines) is 1. The number of nitrogens with zero attached hydrogens (tertiary/aromatic N) is 2. The van der Waals surface area contributed by atoms with Gasteiger partial charge < -0.3 is 10.6 Å². The van der Waals surface area contributed by atoms with E-state index in [0.29, 0.717) is 6.42 Å². The summed E-state index contributed by atoms with van der Waals surface area (Å²) in [4.78, 5) is 18.8. The van der Waals surface area contributed by atoms with Gasteiger partial charge in [-0.05, 0) is 25.0 Å². The number of carbonyl (C=O) groups excluding carboxylic acids is 1. The molecule has 6 heteroatoms. The van der Waals surface area contributed by atoms with Crippen molar-refractivity contribution < 1.29 is 4.79 Å². The Morgan fingerprint density at radius 1 is 1.41 bits per heavy atom. The Morgan fingerprint density at radius 2 is 2.18 bits per heavy atom. The summed E-state index contributed by atoms with van der Waals surface area (Å²) in [5, 5.41) is 2.92. The van der Waals surface area contributed by atoms with Crippen LogP contribution in [0.15, 0.2) is 34.1 Å². The fourth-order valence-corrected chi connectivity index (χ4v) is 3.77. The topological polar surface area (TPSA) is 59.2 Å². The minimum absolute atomic E-state index is 0.151. The van der Waals surface area contributed by atoms with Crippen molar-refractivity contribution in [2.45, 2.75) is 25.3 Å². The molecule has 1 aliphatic heterocycles. The van der Waals surface area contributed by atoms with E-state index in [0.717, 1.165) is 46.7 Å². The molecule has 2 heterocycles. The average Bonchev–Trinajstić information content (AvgIpc) is 2.96. The maximum absolute atomic E-state index is 12.3. The van der Waals surface area contributed by atoms with Crippen molar-refractivity contribution in [3.05, 3.63) is 39.8 Å². The molecule has 2 aromatic rings. The number of hydrogen-bond donors (Lipinski definition) is 1. The van der Waals surface area contributed by atoms with Gasteiger partial charge in [-0.3, -0.25) is 4.79 Å². The van der Waals surface area contributed by atoms with E-state index in [1.807, 2.05) is 34.5 Å². The van der Waals surface area contributed by atoms with E-state index >= 15 is 0 Å². The molecule has 1 aliphatic rings. The lowest BCUT2D eigenvalue weighted by molar-refractivity contribution is -0.131. The Morgan fingerprint density at radius 3 is 2.91 bits per heavy atom. The van der Waals surface area contributed by atoms with Crippen molar-refractivity contribution in [2.24, 2.45) is 5.73 Å². The lowest BCUT2D eigenvalue weighted by atomic mass is 10.1. The first-order valence-corrected chi connectivity index (χ1v) is 9.03. The van der Waals surface area contributed by atoms with E-state index in [1.54, 1.807) is 11.3 Å².